The van der Waals surface area contributed by atoms with Gasteiger partial charge in [0.05, 0.1) is 4.88 Å². The van der Waals surface area contributed by atoms with E-state index in [4.69, 9.17) is 18.0 Å². The Kier molecular flexibility index (Phi) is 2.79. The first-order chi connectivity index (χ1) is 7.16. The molecule has 0 amide bonds. The summed E-state index contributed by atoms with van der Waals surface area (Å²) in [4.78, 5) is 5.56. The molecule has 1 aromatic heterocycles. The Morgan fingerprint density at radius 1 is 1.33 bits per heavy atom. The Hall–Kier alpha value is -1.26. The van der Waals surface area contributed by atoms with E-state index in [9.17, 15) is 0 Å². The topological polar surface area (TPSA) is 38.9 Å². The molecule has 2 rings (SSSR count). The van der Waals surface area contributed by atoms with Crippen molar-refractivity contribution >= 4 is 28.5 Å². The lowest BCUT2D eigenvalue weighted by Crippen LogP contribution is -2.06. The van der Waals surface area contributed by atoms with Crippen molar-refractivity contribution in [1.82, 2.24) is 4.98 Å². The van der Waals surface area contributed by atoms with E-state index >= 15 is 0 Å². The van der Waals surface area contributed by atoms with Gasteiger partial charge in [-0.15, -0.1) is 11.3 Å². The maximum Gasteiger partial charge on any atom is 0.123 e. The lowest BCUT2D eigenvalue weighted by Gasteiger charge is -1.96. The molecule has 76 valence electrons. The highest BCUT2D eigenvalue weighted by Crippen LogP contribution is 2.25. The molecule has 0 spiro atoms. The van der Waals surface area contributed by atoms with Crippen LogP contribution in [0.4, 0.5) is 0 Å². The van der Waals surface area contributed by atoms with Crippen LogP contribution in [0.5, 0.6) is 0 Å². The number of hydrogen-bond acceptors (Lipinski definition) is 3. The van der Waals surface area contributed by atoms with Crippen LogP contribution in [0.2, 0.25) is 0 Å². The van der Waals surface area contributed by atoms with Gasteiger partial charge < -0.3 is 5.73 Å². The summed E-state index contributed by atoms with van der Waals surface area (Å²) in [6.45, 7) is 2.06. The van der Waals surface area contributed by atoms with Gasteiger partial charge in [0.25, 0.3) is 0 Å². The third-order valence-corrected chi connectivity index (χ3v) is 3.48. The van der Waals surface area contributed by atoms with Crippen LogP contribution in [0.25, 0.3) is 10.6 Å². The molecule has 0 fully saturated rings. The number of rotatable bonds is 2. The van der Waals surface area contributed by atoms with Crippen molar-refractivity contribution in [3.63, 3.8) is 0 Å². The molecule has 1 aromatic carbocycles. The van der Waals surface area contributed by atoms with Crippen molar-refractivity contribution in [2.75, 3.05) is 0 Å². The highest BCUT2D eigenvalue weighted by Gasteiger charge is 2.05. The summed E-state index contributed by atoms with van der Waals surface area (Å²) in [7, 11) is 0. The zero-order chi connectivity index (χ0) is 10.8. The quantitative estimate of drug-likeness (QED) is 0.812. The van der Waals surface area contributed by atoms with E-state index in [1.807, 2.05) is 0 Å². The van der Waals surface area contributed by atoms with E-state index in [1.165, 1.54) is 16.9 Å². The van der Waals surface area contributed by atoms with Gasteiger partial charge in [-0.3, -0.25) is 0 Å². The normalized spacial score (nSPS) is 10.2. The Morgan fingerprint density at radius 3 is 2.53 bits per heavy atom. The van der Waals surface area contributed by atoms with Gasteiger partial charge in [-0.1, -0.05) is 42.0 Å². The Balaban J connectivity index is 2.37. The summed E-state index contributed by atoms with van der Waals surface area (Å²) >= 11 is 6.42. The fraction of sp³-hybridized carbons (Fsp3) is 0.0909. The summed E-state index contributed by atoms with van der Waals surface area (Å²) in [6.07, 6.45) is 1.72. The predicted octanol–water partition coefficient (Wildman–Crippen LogP) is 2.75. The average Bonchev–Trinajstić information content (AvgIpc) is 2.68. The standard InChI is InChI=1S/C11H10N2S2/c1-7-2-4-8(5-3-7)11-13-6-9(15-11)10(12)14/h2-6H,1H3,(H2,12,14). The number of benzene rings is 1. The van der Waals surface area contributed by atoms with Gasteiger partial charge in [-0.2, -0.15) is 0 Å². The molecule has 4 heteroatoms. The molecule has 0 radical (unpaired) electrons. The minimum absolute atomic E-state index is 0.408. The van der Waals surface area contributed by atoms with Crippen molar-refractivity contribution in [3.05, 3.63) is 40.9 Å². The van der Waals surface area contributed by atoms with Crippen LogP contribution in [-0.2, 0) is 0 Å². The van der Waals surface area contributed by atoms with Crippen LogP contribution in [0.3, 0.4) is 0 Å². The molecule has 2 nitrogen and oxygen atoms in total. The lowest BCUT2D eigenvalue weighted by atomic mass is 10.2. The number of hydrogen-bond donors (Lipinski definition) is 1. The van der Waals surface area contributed by atoms with Crippen LogP contribution in [0.15, 0.2) is 30.5 Å². The third-order valence-electron chi connectivity index (χ3n) is 2.05. The van der Waals surface area contributed by atoms with Crippen molar-refractivity contribution in [1.29, 1.82) is 0 Å². The molecule has 0 saturated carbocycles. The van der Waals surface area contributed by atoms with Crippen molar-refractivity contribution in [3.8, 4) is 10.6 Å². The first-order valence-corrected chi connectivity index (χ1v) is 5.72. The molecule has 0 aliphatic carbocycles. The van der Waals surface area contributed by atoms with Crippen LogP contribution < -0.4 is 5.73 Å². The number of nitrogens with zero attached hydrogens (tertiary/aromatic N) is 1. The fourth-order valence-corrected chi connectivity index (χ4v) is 2.17. The molecule has 2 N–H and O–H groups in total. The average molecular weight is 234 g/mol. The molecule has 2 aromatic rings. The zero-order valence-electron chi connectivity index (χ0n) is 8.23. The zero-order valence-corrected chi connectivity index (χ0v) is 9.86. The van der Waals surface area contributed by atoms with Crippen LogP contribution >= 0.6 is 23.6 Å². The maximum absolute atomic E-state index is 5.53. The molecule has 0 bridgehead atoms. The van der Waals surface area contributed by atoms with Gasteiger partial charge >= 0.3 is 0 Å². The Morgan fingerprint density at radius 2 is 2.00 bits per heavy atom. The van der Waals surface area contributed by atoms with E-state index < -0.39 is 0 Å². The van der Waals surface area contributed by atoms with Crippen LogP contribution in [0, 0.1) is 6.92 Å². The summed E-state index contributed by atoms with van der Waals surface area (Å²) < 4.78 is 0. The van der Waals surface area contributed by atoms with E-state index in [2.05, 4.69) is 36.2 Å². The lowest BCUT2D eigenvalue weighted by molar-refractivity contribution is 1.39. The minimum Gasteiger partial charge on any atom is -0.389 e. The van der Waals surface area contributed by atoms with E-state index in [-0.39, 0.29) is 0 Å². The van der Waals surface area contributed by atoms with E-state index in [0.29, 0.717) is 4.99 Å². The van der Waals surface area contributed by atoms with Crippen LogP contribution in [0.1, 0.15) is 10.4 Å². The second-order valence-corrected chi connectivity index (χ2v) is 4.73. The first kappa shape index (κ1) is 10.3. The predicted molar refractivity (Wildman–Crippen MR) is 68.2 cm³/mol. The molecule has 1 heterocycles. The minimum atomic E-state index is 0.408. The smallest absolute Gasteiger partial charge is 0.123 e. The van der Waals surface area contributed by atoms with Gasteiger partial charge in [0.2, 0.25) is 0 Å². The van der Waals surface area contributed by atoms with Crippen LogP contribution in [-0.4, -0.2) is 9.97 Å². The molecule has 0 aliphatic rings. The van der Waals surface area contributed by atoms with E-state index in [1.54, 1.807) is 6.20 Å². The summed E-state index contributed by atoms with van der Waals surface area (Å²) in [5.74, 6) is 0. The third kappa shape index (κ3) is 2.22. The largest absolute Gasteiger partial charge is 0.389 e. The molecule has 15 heavy (non-hydrogen) atoms. The molecular formula is C11H10N2S2. The first-order valence-electron chi connectivity index (χ1n) is 4.49. The van der Waals surface area contributed by atoms with Crippen molar-refractivity contribution < 1.29 is 0 Å². The second kappa shape index (κ2) is 4.08. The number of aryl methyl sites for hydroxylation is 1. The SMILES string of the molecule is Cc1ccc(-c2ncc(C(N)=S)s2)cc1. The Bertz CT molecular complexity index is 486. The van der Waals surface area contributed by atoms with Crippen molar-refractivity contribution in [2.45, 2.75) is 6.92 Å². The van der Waals surface area contributed by atoms with Gasteiger partial charge in [0.15, 0.2) is 0 Å². The van der Waals surface area contributed by atoms with E-state index in [0.717, 1.165) is 15.4 Å². The van der Waals surface area contributed by atoms with Gasteiger partial charge in [0, 0.05) is 11.8 Å². The molecule has 0 saturated heterocycles. The molecule has 0 unspecified atom stereocenters. The molecular weight excluding hydrogens is 224 g/mol. The molecule has 0 atom stereocenters. The maximum atomic E-state index is 5.53. The summed E-state index contributed by atoms with van der Waals surface area (Å²) in [5, 5.41) is 0.956. The second-order valence-electron chi connectivity index (χ2n) is 3.26. The van der Waals surface area contributed by atoms with Gasteiger partial charge in [0.1, 0.15) is 10.00 Å². The number of aromatic nitrogens is 1. The highest BCUT2D eigenvalue weighted by atomic mass is 32.1. The highest BCUT2D eigenvalue weighted by molar-refractivity contribution is 7.81. The number of thiazole rings is 1. The monoisotopic (exact) mass is 234 g/mol. The fourth-order valence-electron chi connectivity index (χ4n) is 1.22. The number of thiocarbonyl (C=S) groups is 1. The summed E-state index contributed by atoms with van der Waals surface area (Å²) in [6, 6.07) is 8.24. The number of nitrogens with two attached hydrogens (primary N) is 1. The van der Waals surface area contributed by atoms with Gasteiger partial charge in [-0.25, -0.2) is 4.98 Å². The Labute approximate surface area is 97.8 Å². The summed E-state index contributed by atoms with van der Waals surface area (Å²) in [5.41, 5.74) is 7.88. The molecule has 0 aliphatic heterocycles. The van der Waals surface area contributed by atoms with Gasteiger partial charge in [-0.05, 0) is 6.92 Å². The van der Waals surface area contributed by atoms with Crippen molar-refractivity contribution in [2.24, 2.45) is 5.73 Å².